The largest absolute Gasteiger partial charge is 0.495 e. The molecule has 1 amide bonds. The molecule has 1 atom stereocenters. The third-order valence-electron chi connectivity index (χ3n) is 4.12. The normalized spacial score (nSPS) is 11.3. The van der Waals surface area contributed by atoms with Crippen LogP contribution in [0.5, 0.6) is 5.75 Å². The number of carbonyl (C=O) groups is 3. The number of ketones is 1. The Hall–Kier alpha value is -2.87. The highest BCUT2D eigenvalue weighted by molar-refractivity contribution is 9.10. The van der Waals surface area contributed by atoms with Gasteiger partial charge in [-0.1, -0.05) is 30.3 Å². The first kappa shape index (κ1) is 22.4. The molecule has 0 unspecified atom stereocenters. The molecule has 0 heterocycles. The fourth-order valence-corrected chi connectivity index (χ4v) is 3.38. The summed E-state index contributed by atoms with van der Waals surface area (Å²) in [6, 6.07) is 11.5. The maximum atomic E-state index is 12.2. The van der Waals surface area contributed by atoms with E-state index in [1.807, 2.05) is 30.3 Å². The van der Waals surface area contributed by atoms with Crippen LogP contribution in [0.1, 0.15) is 28.4 Å². The number of amides is 1. The van der Waals surface area contributed by atoms with Crippen LogP contribution in [0.15, 0.2) is 46.9 Å². The molecule has 154 valence electrons. The summed E-state index contributed by atoms with van der Waals surface area (Å²) in [7, 11) is 2.70. The van der Waals surface area contributed by atoms with Crippen LogP contribution in [-0.2, 0) is 27.3 Å². The van der Waals surface area contributed by atoms with Crippen LogP contribution in [-0.4, -0.2) is 38.1 Å². The molecule has 0 aliphatic rings. The molecule has 0 radical (unpaired) electrons. The van der Waals surface area contributed by atoms with Crippen molar-refractivity contribution in [1.29, 1.82) is 0 Å². The van der Waals surface area contributed by atoms with E-state index in [9.17, 15) is 14.4 Å². The molecule has 0 saturated carbocycles. The molecule has 8 heteroatoms. The Labute approximate surface area is 177 Å². The van der Waals surface area contributed by atoms with Crippen molar-refractivity contribution in [3.63, 3.8) is 0 Å². The molecular formula is C21H22BrNO6. The van der Waals surface area contributed by atoms with Crippen molar-refractivity contribution in [3.05, 3.63) is 63.6 Å². The van der Waals surface area contributed by atoms with Crippen LogP contribution in [0.25, 0.3) is 0 Å². The van der Waals surface area contributed by atoms with Crippen molar-refractivity contribution in [3.8, 4) is 5.75 Å². The molecule has 0 bridgehead atoms. The van der Waals surface area contributed by atoms with Crippen molar-refractivity contribution >= 4 is 33.8 Å². The maximum Gasteiger partial charge on any atom is 0.408 e. The zero-order valence-corrected chi connectivity index (χ0v) is 17.9. The van der Waals surface area contributed by atoms with Gasteiger partial charge in [-0.15, -0.1) is 0 Å². The third-order valence-corrected chi connectivity index (χ3v) is 4.71. The highest BCUT2D eigenvalue weighted by Crippen LogP contribution is 2.31. The first-order valence-electron chi connectivity index (χ1n) is 8.78. The van der Waals surface area contributed by atoms with E-state index in [0.29, 0.717) is 21.3 Å². The molecular weight excluding hydrogens is 442 g/mol. The number of hydrogen-bond acceptors (Lipinski definition) is 6. The molecule has 0 spiro atoms. The number of ether oxygens (including phenoxy) is 3. The first-order valence-corrected chi connectivity index (χ1v) is 9.57. The molecule has 0 aromatic heterocycles. The predicted molar refractivity (Wildman–Crippen MR) is 110 cm³/mol. The van der Waals surface area contributed by atoms with E-state index >= 15 is 0 Å². The van der Waals surface area contributed by atoms with E-state index in [1.54, 1.807) is 12.1 Å². The van der Waals surface area contributed by atoms with Gasteiger partial charge in [0.25, 0.3) is 0 Å². The average Bonchev–Trinajstić information content (AvgIpc) is 2.71. The lowest BCUT2D eigenvalue weighted by Crippen LogP contribution is -2.43. The van der Waals surface area contributed by atoms with Gasteiger partial charge in [-0.2, -0.15) is 0 Å². The quantitative estimate of drug-likeness (QED) is 0.474. The molecule has 1 N–H and O–H groups in total. The molecule has 7 nitrogen and oxygen atoms in total. The van der Waals surface area contributed by atoms with Crippen molar-refractivity contribution < 1.29 is 28.6 Å². The van der Waals surface area contributed by atoms with Gasteiger partial charge in [0.1, 0.15) is 18.4 Å². The Kier molecular flexibility index (Phi) is 8.21. The summed E-state index contributed by atoms with van der Waals surface area (Å²) >= 11 is 3.37. The van der Waals surface area contributed by atoms with E-state index in [2.05, 4.69) is 21.2 Å². The molecule has 0 aliphatic heterocycles. The van der Waals surface area contributed by atoms with Crippen molar-refractivity contribution in [1.82, 2.24) is 5.32 Å². The molecule has 0 fully saturated rings. The Balaban J connectivity index is 2.13. The lowest BCUT2D eigenvalue weighted by atomic mass is 10.0. The second kappa shape index (κ2) is 10.6. The van der Waals surface area contributed by atoms with E-state index in [-0.39, 0.29) is 18.8 Å². The number of rotatable bonds is 8. The number of carbonyl (C=O) groups excluding carboxylic acids is 3. The lowest BCUT2D eigenvalue weighted by Gasteiger charge is -2.18. The van der Waals surface area contributed by atoms with Crippen LogP contribution in [0.3, 0.4) is 0 Å². The van der Waals surface area contributed by atoms with Gasteiger partial charge in [-0.25, -0.2) is 9.59 Å². The van der Waals surface area contributed by atoms with E-state index in [0.717, 1.165) is 5.56 Å². The maximum absolute atomic E-state index is 12.2. The minimum Gasteiger partial charge on any atom is -0.495 e. The van der Waals surface area contributed by atoms with Crippen molar-refractivity contribution in [2.75, 3.05) is 14.2 Å². The minimum atomic E-state index is -0.983. The number of nitrogens with one attached hydrogen (secondary N) is 1. The zero-order chi connectivity index (χ0) is 21.4. The number of Topliss-reactive ketones (excluding diaryl/α,β-unsaturated/α-hetero) is 1. The van der Waals surface area contributed by atoms with Crippen LogP contribution < -0.4 is 10.1 Å². The Bertz CT molecular complexity index is 884. The van der Waals surface area contributed by atoms with E-state index in [1.165, 1.54) is 21.1 Å². The number of methoxy groups -OCH3 is 2. The average molecular weight is 464 g/mol. The van der Waals surface area contributed by atoms with Crippen LogP contribution >= 0.6 is 15.9 Å². The van der Waals surface area contributed by atoms with Crippen molar-refractivity contribution in [2.45, 2.75) is 26.0 Å². The number of benzene rings is 2. The molecule has 0 saturated heterocycles. The Morgan fingerprint density at radius 3 is 2.34 bits per heavy atom. The van der Waals surface area contributed by atoms with Gasteiger partial charge in [0, 0.05) is 6.42 Å². The zero-order valence-electron chi connectivity index (χ0n) is 16.4. The van der Waals surface area contributed by atoms with Gasteiger partial charge in [0.15, 0.2) is 5.78 Å². The fourth-order valence-electron chi connectivity index (χ4n) is 2.71. The summed E-state index contributed by atoms with van der Waals surface area (Å²) in [5.74, 6) is -0.404. The standard InChI is InChI=1S/C21H22BrNO6/c1-13(24)16-9-15(10-17(22)19(16)27-2)11-18(20(25)28-3)23-21(26)29-12-14-7-5-4-6-8-14/h4-10,18H,11-12H2,1-3H3,(H,23,26)/t18-/m0/s1. The number of hydrogen-bond donors (Lipinski definition) is 1. The summed E-state index contributed by atoms with van der Waals surface area (Å²) < 4.78 is 15.8. The predicted octanol–water partition coefficient (Wildman–Crippen LogP) is 3.67. The van der Waals surface area contributed by atoms with Gasteiger partial charge in [0.05, 0.1) is 24.3 Å². The Morgan fingerprint density at radius 2 is 1.76 bits per heavy atom. The highest BCUT2D eigenvalue weighted by atomic mass is 79.9. The van der Waals surface area contributed by atoms with Crippen molar-refractivity contribution in [2.24, 2.45) is 0 Å². The number of halogens is 1. The van der Waals surface area contributed by atoms with Crippen LogP contribution in [0.2, 0.25) is 0 Å². The van der Waals surface area contributed by atoms with Gasteiger partial charge >= 0.3 is 12.1 Å². The topological polar surface area (TPSA) is 90.9 Å². The lowest BCUT2D eigenvalue weighted by molar-refractivity contribution is -0.143. The van der Waals surface area contributed by atoms with Crippen LogP contribution in [0, 0.1) is 0 Å². The molecule has 29 heavy (non-hydrogen) atoms. The molecule has 2 aromatic rings. The second-order valence-electron chi connectivity index (χ2n) is 6.20. The summed E-state index contributed by atoms with van der Waals surface area (Å²) in [6.07, 6.45) is -0.640. The van der Waals surface area contributed by atoms with Gasteiger partial charge in [-0.05, 0) is 46.1 Å². The number of alkyl carbamates (subject to hydrolysis) is 1. The number of esters is 1. The summed E-state index contributed by atoms with van der Waals surface area (Å²) in [5.41, 5.74) is 1.83. The highest BCUT2D eigenvalue weighted by Gasteiger charge is 2.24. The summed E-state index contributed by atoms with van der Waals surface area (Å²) in [6.45, 7) is 1.49. The Morgan fingerprint density at radius 1 is 1.07 bits per heavy atom. The summed E-state index contributed by atoms with van der Waals surface area (Å²) in [4.78, 5) is 36.2. The first-order chi connectivity index (χ1) is 13.8. The van der Waals surface area contributed by atoms with Gasteiger partial charge in [0.2, 0.25) is 0 Å². The van der Waals surface area contributed by atoms with Gasteiger partial charge < -0.3 is 19.5 Å². The molecule has 2 rings (SSSR count). The monoisotopic (exact) mass is 463 g/mol. The SMILES string of the molecule is COC(=O)[C@H](Cc1cc(Br)c(OC)c(C(C)=O)c1)NC(=O)OCc1ccccc1. The third kappa shape index (κ3) is 6.32. The molecule has 2 aromatic carbocycles. The summed E-state index contributed by atoms with van der Waals surface area (Å²) in [5, 5.41) is 2.52. The van der Waals surface area contributed by atoms with Crippen LogP contribution in [0.4, 0.5) is 4.79 Å². The van der Waals surface area contributed by atoms with E-state index in [4.69, 9.17) is 14.2 Å². The van der Waals surface area contributed by atoms with Gasteiger partial charge in [-0.3, -0.25) is 4.79 Å². The second-order valence-corrected chi connectivity index (χ2v) is 7.05. The minimum absolute atomic E-state index is 0.0726. The fraction of sp³-hybridized carbons (Fsp3) is 0.286. The smallest absolute Gasteiger partial charge is 0.408 e. The molecule has 0 aliphatic carbocycles. The van der Waals surface area contributed by atoms with E-state index < -0.39 is 18.1 Å².